The van der Waals surface area contributed by atoms with Crippen molar-refractivity contribution in [2.45, 2.75) is 30.7 Å². The first kappa shape index (κ1) is 19.1. The number of amides is 1. The molecule has 0 heterocycles. The van der Waals surface area contributed by atoms with Crippen LogP contribution >= 0.6 is 0 Å². The van der Waals surface area contributed by atoms with Gasteiger partial charge in [-0.15, -0.1) is 0 Å². The van der Waals surface area contributed by atoms with Crippen LogP contribution in [0.3, 0.4) is 0 Å². The number of nitrogens with zero attached hydrogens (tertiary/aromatic N) is 1. The minimum Gasteiger partial charge on any atom is -0.345 e. The molecular formula is C19H24N2O3S. The Morgan fingerprint density at radius 2 is 1.64 bits per heavy atom. The van der Waals surface area contributed by atoms with Crippen LogP contribution in [0.15, 0.2) is 59.5 Å². The largest absolute Gasteiger partial charge is 0.345 e. The Bertz CT molecular complexity index is 800. The van der Waals surface area contributed by atoms with Crippen LogP contribution in [0.2, 0.25) is 0 Å². The fraction of sp³-hybridized carbons (Fsp3) is 0.316. The van der Waals surface area contributed by atoms with Crippen molar-refractivity contribution in [3.8, 4) is 0 Å². The number of benzene rings is 2. The highest BCUT2D eigenvalue weighted by Gasteiger charge is 2.19. The summed E-state index contributed by atoms with van der Waals surface area (Å²) in [5.41, 5.74) is 1.50. The van der Waals surface area contributed by atoms with Crippen molar-refractivity contribution in [2.24, 2.45) is 0 Å². The van der Waals surface area contributed by atoms with Gasteiger partial charge in [-0.05, 0) is 36.2 Å². The van der Waals surface area contributed by atoms with Crippen molar-refractivity contribution >= 4 is 15.9 Å². The maximum absolute atomic E-state index is 12.5. The normalized spacial score (nSPS) is 12.8. The molecule has 0 radical (unpaired) electrons. The molecule has 1 amide bonds. The molecule has 0 aromatic heterocycles. The van der Waals surface area contributed by atoms with E-state index in [9.17, 15) is 13.2 Å². The van der Waals surface area contributed by atoms with Crippen molar-refractivity contribution < 1.29 is 13.2 Å². The van der Waals surface area contributed by atoms with Crippen molar-refractivity contribution in [1.82, 2.24) is 9.62 Å². The average molecular weight is 360 g/mol. The van der Waals surface area contributed by atoms with E-state index >= 15 is 0 Å². The third-order valence-electron chi connectivity index (χ3n) is 3.98. The monoisotopic (exact) mass is 360 g/mol. The lowest BCUT2D eigenvalue weighted by atomic mass is 10.0. The van der Waals surface area contributed by atoms with Gasteiger partial charge in [-0.25, -0.2) is 12.7 Å². The zero-order chi connectivity index (χ0) is 18.4. The molecule has 2 aromatic carbocycles. The molecule has 134 valence electrons. The summed E-state index contributed by atoms with van der Waals surface area (Å²) >= 11 is 0. The highest BCUT2D eigenvalue weighted by molar-refractivity contribution is 7.89. The third-order valence-corrected chi connectivity index (χ3v) is 5.81. The molecule has 0 spiro atoms. The maximum Gasteiger partial charge on any atom is 0.251 e. The number of carbonyl (C=O) groups is 1. The van der Waals surface area contributed by atoms with Crippen molar-refractivity contribution in [2.75, 3.05) is 14.1 Å². The second kappa shape index (κ2) is 8.27. The molecule has 2 aromatic rings. The number of carbonyl (C=O) groups excluding carboxylic acids is 1. The van der Waals surface area contributed by atoms with Crippen LogP contribution in [-0.4, -0.2) is 32.7 Å². The Morgan fingerprint density at radius 1 is 1.04 bits per heavy atom. The number of sulfonamides is 1. The summed E-state index contributed by atoms with van der Waals surface area (Å²) in [4.78, 5) is 12.7. The van der Waals surface area contributed by atoms with Gasteiger partial charge in [-0.2, -0.15) is 0 Å². The molecule has 0 fully saturated rings. The average Bonchev–Trinajstić information content (AvgIpc) is 2.62. The van der Waals surface area contributed by atoms with E-state index in [4.69, 9.17) is 0 Å². The second-order valence-electron chi connectivity index (χ2n) is 6.04. The Balaban J connectivity index is 2.17. The van der Waals surface area contributed by atoms with Crippen molar-refractivity contribution in [3.63, 3.8) is 0 Å². The number of hydrogen-bond donors (Lipinski definition) is 1. The van der Waals surface area contributed by atoms with E-state index in [1.807, 2.05) is 30.3 Å². The first-order valence-corrected chi connectivity index (χ1v) is 9.68. The van der Waals surface area contributed by atoms with Gasteiger partial charge in [-0.3, -0.25) is 4.79 Å². The lowest BCUT2D eigenvalue weighted by molar-refractivity contribution is 0.0934. The van der Waals surface area contributed by atoms with Crippen molar-refractivity contribution in [3.05, 3.63) is 65.7 Å². The summed E-state index contributed by atoms with van der Waals surface area (Å²) in [5.74, 6) is -0.212. The highest BCUT2D eigenvalue weighted by Crippen LogP contribution is 2.19. The van der Waals surface area contributed by atoms with Gasteiger partial charge >= 0.3 is 0 Å². The molecule has 0 saturated heterocycles. The van der Waals surface area contributed by atoms with Crippen LogP contribution in [0.5, 0.6) is 0 Å². The molecule has 0 bridgehead atoms. The molecule has 6 heteroatoms. The summed E-state index contributed by atoms with van der Waals surface area (Å²) in [6.07, 6.45) is 1.78. The van der Waals surface area contributed by atoms with Gasteiger partial charge in [0.25, 0.3) is 5.91 Å². The predicted octanol–water partition coefficient (Wildman–Crippen LogP) is 3.21. The summed E-state index contributed by atoms with van der Waals surface area (Å²) in [7, 11) is -0.538. The summed E-state index contributed by atoms with van der Waals surface area (Å²) < 4.78 is 25.3. The van der Waals surface area contributed by atoms with E-state index in [1.54, 1.807) is 12.1 Å². The molecule has 2 rings (SSSR count). The molecule has 25 heavy (non-hydrogen) atoms. The summed E-state index contributed by atoms with van der Waals surface area (Å²) in [6.45, 7) is 2.07. The Labute approximate surface area is 149 Å². The van der Waals surface area contributed by atoms with E-state index in [2.05, 4.69) is 12.2 Å². The van der Waals surface area contributed by atoms with Crippen LogP contribution in [-0.2, 0) is 10.0 Å². The quantitative estimate of drug-likeness (QED) is 0.824. The minimum absolute atomic E-state index is 0.0658. The smallest absolute Gasteiger partial charge is 0.251 e. The van der Waals surface area contributed by atoms with Gasteiger partial charge in [0, 0.05) is 19.7 Å². The summed E-state index contributed by atoms with van der Waals surface area (Å²) in [5, 5.41) is 3.03. The lowest BCUT2D eigenvalue weighted by Crippen LogP contribution is -2.28. The van der Waals surface area contributed by atoms with Gasteiger partial charge in [0.15, 0.2) is 0 Å². The number of rotatable bonds is 7. The Hall–Kier alpha value is -2.18. The van der Waals surface area contributed by atoms with Gasteiger partial charge in [0.05, 0.1) is 10.9 Å². The molecule has 0 aliphatic carbocycles. The Kier molecular flexibility index (Phi) is 6.33. The molecule has 0 aliphatic rings. The van der Waals surface area contributed by atoms with Gasteiger partial charge in [-0.1, -0.05) is 43.7 Å². The zero-order valence-corrected chi connectivity index (χ0v) is 15.6. The first-order chi connectivity index (χ1) is 11.9. The lowest BCUT2D eigenvalue weighted by Gasteiger charge is -2.19. The van der Waals surface area contributed by atoms with Gasteiger partial charge < -0.3 is 5.32 Å². The minimum atomic E-state index is -3.49. The van der Waals surface area contributed by atoms with Gasteiger partial charge in [0.1, 0.15) is 0 Å². The van der Waals surface area contributed by atoms with Crippen LogP contribution < -0.4 is 5.32 Å². The predicted molar refractivity (Wildman–Crippen MR) is 98.9 cm³/mol. The van der Waals surface area contributed by atoms with Crippen molar-refractivity contribution in [1.29, 1.82) is 0 Å². The molecule has 1 N–H and O–H groups in total. The third kappa shape index (κ3) is 4.67. The van der Waals surface area contributed by atoms with Crippen LogP contribution in [0, 0.1) is 0 Å². The molecule has 1 atom stereocenters. The molecule has 0 unspecified atom stereocenters. The van der Waals surface area contributed by atoms with Crippen LogP contribution in [0.4, 0.5) is 0 Å². The topological polar surface area (TPSA) is 66.5 Å². The van der Waals surface area contributed by atoms with E-state index in [1.165, 1.54) is 26.2 Å². The van der Waals surface area contributed by atoms with E-state index < -0.39 is 10.0 Å². The molecule has 0 saturated carbocycles. The molecular weight excluding hydrogens is 336 g/mol. The number of hydrogen-bond acceptors (Lipinski definition) is 3. The number of nitrogens with one attached hydrogen (secondary N) is 1. The van der Waals surface area contributed by atoms with E-state index in [0.717, 1.165) is 22.7 Å². The second-order valence-corrected chi connectivity index (χ2v) is 8.19. The first-order valence-electron chi connectivity index (χ1n) is 8.24. The highest BCUT2D eigenvalue weighted by atomic mass is 32.2. The summed E-state index contributed by atoms with van der Waals surface area (Å²) in [6, 6.07) is 15.8. The zero-order valence-electron chi connectivity index (χ0n) is 14.8. The Morgan fingerprint density at radius 3 is 2.16 bits per heavy atom. The maximum atomic E-state index is 12.5. The van der Waals surface area contributed by atoms with Crippen LogP contribution in [0.25, 0.3) is 0 Å². The van der Waals surface area contributed by atoms with Gasteiger partial charge in [0.2, 0.25) is 10.0 Å². The fourth-order valence-electron chi connectivity index (χ4n) is 2.53. The van der Waals surface area contributed by atoms with E-state index in [0.29, 0.717) is 5.56 Å². The van der Waals surface area contributed by atoms with Crippen LogP contribution in [0.1, 0.15) is 41.7 Å². The van der Waals surface area contributed by atoms with E-state index in [-0.39, 0.29) is 16.8 Å². The fourth-order valence-corrected chi connectivity index (χ4v) is 3.43. The standard InChI is InChI=1S/C19H24N2O3S/c1-4-8-18(15-9-6-5-7-10-15)20-19(22)16-11-13-17(14-12-16)25(23,24)21(2)3/h5-7,9-14,18H,4,8H2,1-3H3,(H,20,22)/t18-/m0/s1. The SMILES string of the molecule is CCC[C@H](NC(=O)c1ccc(S(=O)(=O)N(C)C)cc1)c1ccccc1. The molecule has 0 aliphatic heterocycles. The molecule has 5 nitrogen and oxygen atoms in total.